The molecule has 1 atom stereocenters. The number of hydrogen-bond donors (Lipinski definition) is 2. The van der Waals surface area contributed by atoms with E-state index >= 15 is 0 Å². The number of carbonyl (C=O) groups is 1. The highest BCUT2D eigenvalue weighted by molar-refractivity contribution is 5.99. The molecule has 0 aliphatic carbocycles. The van der Waals surface area contributed by atoms with E-state index in [-0.39, 0.29) is 11.8 Å². The number of hydrogen-bond acceptors (Lipinski definition) is 2. The highest BCUT2D eigenvalue weighted by Crippen LogP contribution is 2.47. The first-order valence-corrected chi connectivity index (χ1v) is 7.22. The molecule has 0 saturated heterocycles. The Morgan fingerprint density at radius 1 is 1.05 bits per heavy atom. The number of benzene rings is 2. The average molecular weight is 280 g/mol. The van der Waals surface area contributed by atoms with Crippen LogP contribution in [0.3, 0.4) is 0 Å². The molecule has 0 bridgehead atoms. The highest BCUT2D eigenvalue weighted by Gasteiger charge is 2.43. The van der Waals surface area contributed by atoms with E-state index in [1.54, 1.807) is 0 Å². The van der Waals surface area contributed by atoms with E-state index < -0.39 is 5.41 Å². The van der Waals surface area contributed by atoms with Crippen LogP contribution in [0.2, 0.25) is 0 Å². The van der Waals surface area contributed by atoms with Gasteiger partial charge in [-0.3, -0.25) is 4.79 Å². The van der Waals surface area contributed by atoms with Gasteiger partial charge in [-0.15, -0.1) is 0 Å². The zero-order chi connectivity index (χ0) is 15.0. The molecule has 1 unspecified atom stereocenters. The van der Waals surface area contributed by atoms with Gasteiger partial charge in [-0.1, -0.05) is 44.2 Å². The Morgan fingerprint density at radius 3 is 2.38 bits per heavy atom. The molecule has 108 valence electrons. The normalized spacial score (nSPS) is 19.6. The number of para-hydroxylation sites is 1. The fourth-order valence-corrected chi connectivity index (χ4v) is 3.10. The first-order valence-electron chi connectivity index (χ1n) is 7.22. The third-order valence-corrected chi connectivity index (χ3v) is 4.36. The number of amides is 1. The topological polar surface area (TPSA) is 41.1 Å². The van der Waals surface area contributed by atoms with Crippen LogP contribution in [-0.4, -0.2) is 13.0 Å². The van der Waals surface area contributed by atoms with Crippen LogP contribution in [0.1, 0.15) is 30.9 Å². The molecule has 1 amide bonds. The molecular formula is C18H20N2O. The van der Waals surface area contributed by atoms with Gasteiger partial charge in [0.15, 0.2) is 0 Å². The number of carbonyl (C=O) groups excluding carboxylic acids is 1. The number of fused-ring (bicyclic) bond motifs is 1. The maximum absolute atomic E-state index is 12.5. The van der Waals surface area contributed by atoms with Crippen molar-refractivity contribution in [1.29, 1.82) is 0 Å². The molecule has 0 spiro atoms. The van der Waals surface area contributed by atoms with Crippen molar-refractivity contribution < 1.29 is 4.79 Å². The summed E-state index contributed by atoms with van der Waals surface area (Å²) in [6.07, 6.45) is 0. The summed E-state index contributed by atoms with van der Waals surface area (Å²) in [5.74, 6) is 0.136. The van der Waals surface area contributed by atoms with Gasteiger partial charge >= 0.3 is 0 Å². The van der Waals surface area contributed by atoms with Crippen LogP contribution in [0.25, 0.3) is 0 Å². The minimum absolute atomic E-state index is 0.0633. The van der Waals surface area contributed by atoms with Crippen molar-refractivity contribution in [3.05, 3.63) is 59.7 Å². The molecule has 1 aliphatic rings. The third kappa shape index (κ3) is 2.19. The van der Waals surface area contributed by atoms with E-state index in [4.69, 9.17) is 0 Å². The van der Waals surface area contributed by atoms with Crippen LogP contribution in [0.15, 0.2) is 48.5 Å². The van der Waals surface area contributed by atoms with Crippen LogP contribution < -0.4 is 10.6 Å². The van der Waals surface area contributed by atoms with Crippen LogP contribution >= 0.6 is 0 Å². The molecule has 0 fully saturated rings. The summed E-state index contributed by atoms with van der Waals surface area (Å²) in [5.41, 5.74) is 3.87. The lowest BCUT2D eigenvalue weighted by Crippen LogP contribution is -2.41. The number of anilines is 2. The molecule has 0 saturated carbocycles. The lowest BCUT2D eigenvalue weighted by atomic mass is 9.68. The Bertz CT molecular complexity index is 674. The predicted octanol–water partition coefficient (Wildman–Crippen LogP) is 3.84. The molecule has 1 heterocycles. The molecule has 2 N–H and O–H groups in total. The smallest absolute Gasteiger partial charge is 0.230 e. The SMILES string of the molecule is CNc1ccc(C2c3ccccc3NC(=O)C2(C)C)cc1. The van der Waals surface area contributed by atoms with Gasteiger partial charge < -0.3 is 10.6 Å². The van der Waals surface area contributed by atoms with E-state index in [1.165, 1.54) is 11.1 Å². The van der Waals surface area contributed by atoms with E-state index in [0.29, 0.717) is 0 Å². The first-order chi connectivity index (χ1) is 10.0. The van der Waals surface area contributed by atoms with Crippen LogP contribution in [0, 0.1) is 5.41 Å². The quantitative estimate of drug-likeness (QED) is 0.877. The molecule has 3 nitrogen and oxygen atoms in total. The van der Waals surface area contributed by atoms with Crippen molar-refractivity contribution in [2.75, 3.05) is 17.7 Å². The van der Waals surface area contributed by atoms with Gasteiger partial charge in [-0.05, 0) is 29.3 Å². The maximum Gasteiger partial charge on any atom is 0.230 e. The van der Waals surface area contributed by atoms with Gasteiger partial charge in [0.05, 0.1) is 5.41 Å². The summed E-state index contributed by atoms with van der Waals surface area (Å²) in [6.45, 7) is 4.02. The second-order valence-corrected chi connectivity index (χ2v) is 6.07. The van der Waals surface area contributed by atoms with Crippen molar-refractivity contribution >= 4 is 17.3 Å². The Balaban J connectivity index is 2.14. The summed E-state index contributed by atoms with van der Waals surface area (Å²) in [5, 5.41) is 6.15. The van der Waals surface area contributed by atoms with E-state index in [0.717, 1.165) is 11.4 Å². The fourth-order valence-electron chi connectivity index (χ4n) is 3.10. The molecule has 21 heavy (non-hydrogen) atoms. The summed E-state index contributed by atoms with van der Waals surface area (Å²) in [4.78, 5) is 12.5. The van der Waals surface area contributed by atoms with Gasteiger partial charge in [0, 0.05) is 24.3 Å². The molecule has 3 rings (SSSR count). The number of rotatable bonds is 2. The third-order valence-electron chi connectivity index (χ3n) is 4.36. The standard InChI is InChI=1S/C18H20N2O/c1-18(2)16(12-8-10-13(19-3)11-9-12)14-6-4-5-7-15(14)20-17(18)21/h4-11,16,19H,1-3H3,(H,20,21). The van der Waals surface area contributed by atoms with Crippen molar-refractivity contribution in [1.82, 2.24) is 0 Å². The summed E-state index contributed by atoms with van der Waals surface area (Å²) in [7, 11) is 1.91. The molecule has 1 aliphatic heterocycles. The zero-order valence-corrected chi connectivity index (χ0v) is 12.6. The predicted molar refractivity (Wildman–Crippen MR) is 86.7 cm³/mol. The second kappa shape index (κ2) is 4.92. The van der Waals surface area contributed by atoms with Crippen LogP contribution in [0.4, 0.5) is 11.4 Å². The Hall–Kier alpha value is -2.29. The van der Waals surface area contributed by atoms with Crippen molar-refractivity contribution in [3.8, 4) is 0 Å². The average Bonchev–Trinajstić information content (AvgIpc) is 2.49. The number of nitrogens with one attached hydrogen (secondary N) is 2. The van der Waals surface area contributed by atoms with Gasteiger partial charge in [0.1, 0.15) is 0 Å². The van der Waals surface area contributed by atoms with Crippen LogP contribution in [0.5, 0.6) is 0 Å². The fraction of sp³-hybridized carbons (Fsp3) is 0.278. The van der Waals surface area contributed by atoms with E-state index in [2.05, 4.69) is 41.0 Å². The zero-order valence-electron chi connectivity index (χ0n) is 12.6. The van der Waals surface area contributed by atoms with Gasteiger partial charge in [-0.25, -0.2) is 0 Å². The van der Waals surface area contributed by atoms with Crippen LogP contribution in [-0.2, 0) is 4.79 Å². The largest absolute Gasteiger partial charge is 0.388 e. The maximum atomic E-state index is 12.5. The lowest BCUT2D eigenvalue weighted by Gasteiger charge is -2.39. The highest BCUT2D eigenvalue weighted by atomic mass is 16.2. The Labute approximate surface area is 125 Å². The minimum Gasteiger partial charge on any atom is -0.388 e. The molecule has 0 radical (unpaired) electrons. The van der Waals surface area contributed by atoms with Crippen molar-refractivity contribution in [2.24, 2.45) is 5.41 Å². The molecule has 2 aromatic carbocycles. The Morgan fingerprint density at radius 2 is 1.71 bits per heavy atom. The molecular weight excluding hydrogens is 260 g/mol. The molecule has 3 heteroatoms. The molecule has 2 aromatic rings. The van der Waals surface area contributed by atoms with E-state index in [1.807, 2.05) is 39.1 Å². The van der Waals surface area contributed by atoms with Crippen molar-refractivity contribution in [3.63, 3.8) is 0 Å². The first kappa shape index (κ1) is 13.7. The molecule has 0 aromatic heterocycles. The van der Waals surface area contributed by atoms with Crippen molar-refractivity contribution in [2.45, 2.75) is 19.8 Å². The second-order valence-electron chi connectivity index (χ2n) is 6.07. The monoisotopic (exact) mass is 280 g/mol. The summed E-state index contributed by atoms with van der Waals surface area (Å²) < 4.78 is 0. The minimum atomic E-state index is -0.477. The summed E-state index contributed by atoms with van der Waals surface area (Å²) in [6, 6.07) is 16.4. The van der Waals surface area contributed by atoms with Gasteiger partial charge in [0.25, 0.3) is 0 Å². The van der Waals surface area contributed by atoms with Gasteiger partial charge in [-0.2, -0.15) is 0 Å². The van der Waals surface area contributed by atoms with E-state index in [9.17, 15) is 4.79 Å². The lowest BCUT2D eigenvalue weighted by molar-refractivity contribution is -0.125. The summed E-state index contributed by atoms with van der Waals surface area (Å²) >= 11 is 0. The Kier molecular flexibility index (Phi) is 3.20. The van der Waals surface area contributed by atoms with Gasteiger partial charge in [0.2, 0.25) is 5.91 Å².